The summed E-state index contributed by atoms with van der Waals surface area (Å²) in [6.45, 7) is 3.73. The molecule has 0 atom stereocenters. The summed E-state index contributed by atoms with van der Waals surface area (Å²) in [4.78, 5) is 6.55. The number of anilines is 1. The van der Waals surface area contributed by atoms with Gasteiger partial charge in [0.05, 0.1) is 5.71 Å². The molecule has 102 valence electrons. The lowest BCUT2D eigenvalue weighted by atomic mass is 9.99. The summed E-state index contributed by atoms with van der Waals surface area (Å²) in [7, 11) is 0. The Hall–Kier alpha value is -2.36. The van der Waals surface area contributed by atoms with Crippen LogP contribution in [0.2, 0.25) is 0 Å². The van der Waals surface area contributed by atoms with E-state index in [1.165, 1.54) is 11.1 Å². The standard InChI is InChI=1S/C16H17N3O/c1-12-8-13(10-17-9-12)11-19-7-6-15(18-20)14-4-2-3-5-16(14)19/h2-5,8-10,20H,6-7,11H2,1H3/b18-15-. The van der Waals surface area contributed by atoms with Crippen molar-refractivity contribution in [2.75, 3.05) is 11.4 Å². The molecule has 1 aliphatic rings. The van der Waals surface area contributed by atoms with E-state index >= 15 is 0 Å². The van der Waals surface area contributed by atoms with Gasteiger partial charge in [-0.05, 0) is 24.1 Å². The quantitative estimate of drug-likeness (QED) is 0.672. The molecule has 0 spiro atoms. The van der Waals surface area contributed by atoms with E-state index in [0.29, 0.717) is 0 Å². The molecule has 3 rings (SSSR count). The van der Waals surface area contributed by atoms with Gasteiger partial charge in [0.1, 0.15) is 0 Å². The number of pyridine rings is 1. The second-order valence-corrected chi connectivity index (χ2v) is 5.11. The molecule has 0 unspecified atom stereocenters. The lowest BCUT2D eigenvalue weighted by Gasteiger charge is -2.31. The summed E-state index contributed by atoms with van der Waals surface area (Å²) in [6.07, 6.45) is 4.53. The molecule has 20 heavy (non-hydrogen) atoms. The fourth-order valence-corrected chi connectivity index (χ4v) is 2.68. The van der Waals surface area contributed by atoms with Crippen LogP contribution >= 0.6 is 0 Å². The van der Waals surface area contributed by atoms with Crippen LogP contribution in [0.4, 0.5) is 5.69 Å². The van der Waals surface area contributed by atoms with E-state index in [1.54, 1.807) is 0 Å². The molecule has 4 nitrogen and oxygen atoms in total. The van der Waals surface area contributed by atoms with Crippen LogP contribution in [0, 0.1) is 6.92 Å². The van der Waals surface area contributed by atoms with Gasteiger partial charge in [0, 0.05) is 43.2 Å². The third kappa shape index (κ3) is 2.37. The van der Waals surface area contributed by atoms with E-state index < -0.39 is 0 Å². The van der Waals surface area contributed by atoms with Gasteiger partial charge in [0.2, 0.25) is 0 Å². The van der Waals surface area contributed by atoms with Crippen molar-refractivity contribution >= 4 is 11.4 Å². The number of aromatic nitrogens is 1. The minimum atomic E-state index is 0.757. The molecule has 0 saturated carbocycles. The molecule has 2 aromatic rings. The first-order valence-electron chi connectivity index (χ1n) is 6.74. The van der Waals surface area contributed by atoms with Gasteiger partial charge >= 0.3 is 0 Å². The average Bonchev–Trinajstić information content (AvgIpc) is 2.48. The van der Waals surface area contributed by atoms with E-state index in [4.69, 9.17) is 5.21 Å². The van der Waals surface area contributed by atoms with E-state index in [1.807, 2.05) is 30.6 Å². The third-order valence-electron chi connectivity index (χ3n) is 3.60. The first-order valence-corrected chi connectivity index (χ1v) is 6.74. The van der Waals surface area contributed by atoms with Crippen LogP contribution in [0.15, 0.2) is 47.9 Å². The summed E-state index contributed by atoms with van der Waals surface area (Å²) in [5.74, 6) is 0. The highest BCUT2D eigenvalue weighted by molar-refractivity contribution is 6.06. The van der Waals surface area contributed by atoms with Crippen LogP contribution in [0.5, 0.6) is 0 Å². The van der Waals surface area contributed by atoms with Crippen molar-refractivity contribution in [3.05, 3.63) is 59.4 Å². The third-order valence-corrected chi connectivity index (χ3v) is 3.60. The zero-order valence-corrected chi connectivity index (χ0v) is 11.5. The molecule has 2 heterocycles. The highest BCUT2D eigenvalue weighted by Gasteiger charge is 2.21. The fourth-order valence-electron chi connectivity index (χ4n) is 2.68. The molecule has 0 fully saturated rings. The van der Waals surface area contributed by atoms with Gasteiger partial charge in [-0.1, -0.05) is 29.4 Å². The number of rotatable bonds is 2. The van der Waals surface area contributed by atoms with Gasteiger partial charge < -0.3 is 10.1 Å². The van der Waals surface area contributed by atoms with E-state index in [2.05, 4.69) is 34.1 Å². The minimum Gasteiger partial charge on any atom is -0.411 e. The van der Waals surface area contributed by atoms with Gasteiger partial charge in [0.15, 0.2) is 0 Å². The summed E-state index contributed by atoms with van der Waals surface area (Å²) in [5.41, 5.74) is 5.27. The molecule has 1 aromatic carbocycles. The second-order valence-electron chi connectivity index (χ2n) is 5.11. The molecular formula is C16H17N3O. The van der Waals surface area contributed by atoms with E-state index in [-0.39, 0.29) is 0 Å². The predicted octanol–water partition coefficient (Wildman–Crippen LogP) is 2.98. The Balaban J connectivity index is 1.92. The number of aryl methyl sites for hydroxylation is 1. The molecule has 0 aliphatic carbocycles. The van der Waals surface area contributed by atoms with E-state index in [9.17, 15) is 0 Å². The number of hydrogen-bond acceptors (Lipinski definition) is 4. The average molecular weight is 267 g/mol. The number of fused-ring (bicyclic) bond motifs is 1. The maximum atomic E-state index is 9.11. The van der Waals surface area contributed by atoms with Crippen molar-refractivity contribution in [3.8, 4) is 0 Å². The van der Waals surface area contributed by atoms with Crippen molar-refractivity contribution < 1.29 is 5.21 Å². The topological polar surface area (TPSA) is 48.7 Å². The fraction of sp³-hybridized carbons (Fsp3) is 0.250. The number of para-hydroxylation sites is 1. The summed E-state index contributed by atoms with van der Waals surface area (Å²) in [5, 5.41) is 12.5. The SMILES string of the molecule is Cc1cncc(CN2CC/C(=N/O)c3ccccc32)c1. The monoisotopic (exact) mass is 267 g/mol. The number of nitrogens with zero attached hydrogens (tertiary/aromatic N) is 3. The molecule has 0 saturated heterocycles. The minimum absolute atomic E-state index is 0.757. The molecule has 0 radical (unpaired) electrons. The van der Waals surface area contributed by atoms with Gasteiger partial charge in [-0.3, -0.25) is 4.98 Å². The van der Waals surface area contributed by atoms with Crippen molar-refractivity contribution in [3.63, 3.8) is 0 Å². The molecule has 1 N–H and O–H groups in total. The number of oxime groups is 1. The second kappa shape index (κ2) is 5.33. The van der Waals surface area contributed by atoms with Crippen LogP contribution in [0.1, 0.15) is 23.1 Å². The molecule has 1 aromatic heterocycles. The van der Waals surface area contributed by atoms with Crippen LogP contribution in [0.25, 0.3) is 0 Å². The van der Waals surface area contributed by atoms with Gasteiger partial charge in [-0.2, -0.15) is 0 Å². The Morgan fingerprint density at radius 2 is 2.15 bits per heavy atom. The summed E-state index contributed by atoms with van der Waals surface area (Å²) in [6, 6.07) is 10.2. The summed E-state index contributed by atoms with van der Waals surface area (Å²) < 4.78 is 0. The Kier molecular flexibility index (Phi) is 3.37. The molecule has 4 heteroatoms. The molecular weight excluding hydrogens is 250 g/mol. The van der Waals surface area contributed by atoms with Gasteiger partial charge in [-0.15, -0.1) is 0 Å². The van der Waals surface area contributed by atoms with Crippen LogP contribution in [-0.4, -0.2) is 22.4 Å². The Morgan fingerprint density at radius 1 is 1.30 bits per heavy atom. The van der Waals surface area contributed by atoms with Gasteiger partial charge in [-0.25, -0.2) is 0 Å². The molecule has 0 amide bonds. The predicted molar refractivity (Wildman–Crippen MR) is 79.4 cm³/mol. The van der Waals surface area contributed by atoms with Crippen molar-refractivity contribution in [2.24, 2.45) is 5.16 Å². The van der Waals surface area contributed by atoms with Gasteiger partial charge in [0.25, 0.3) is 0 Å². The number of hydrogen-bond donors (Lipinski definition) is 1. The Labute approximate surface area is 118 Å². The first-order chi connectivity index (χ1) is 9.78. The molecule has 0 bridgehead atoms. The maximum absolute atomic E-state index is 9.11. The lowest BCUT2D eigenvalue weighted by Crippen LogP contribution is -2.32. The highest BCUT2D eigenvalue weighted by Crippen LogP contribution is 2.28. The lowest BCUT2D eigenvalue weighted by molar-refractivity contribution is 0.317. The van der Waals surface area contributed by atoms with Crippen molar-refractivity contribution in [1.82, 2.24) is 4.98 Å². The zero-order valence-electron chi connectivity index (χ0n) is 11.5. The summed E-state index contributed by atoms with van der Waals surface area (Å²) >= 11 is 0. The zero-order chi connectivity index (χ0) is 13.9. The normalized spacial score (nSPS) is 16.2. The Morgan fingerprint density at radius 3 is 2.95 bits per heavy atom. The maximum Gasteiger partial charge on any atom is 0.0906 e. The van der Waals surface area contributed by atoms with Crippen LogP contribution in [0.3, 0.4) is 0 Å². The Bertz CT molecular complexity index is 652. The van der Waals surface area contributed by atoms with Crippen LogP contribution in [-0.2, 0) is 6.54 Å². The van der Waals surface area contributed by atoms with Crippen LogP contribution < -0.4 is 4.90 Å². The number of benzene rings is 1. The van der Waals surface area contributed by atoms with Crippen molar-refractivity contribution in [2.45, 2.75) is 19.9 Å². The highest BCUT2D eigenvalue weighted by atomic mass is 16.4. The first kappa shape index (κ1) is 12.7. The largest absolute Gasteiger partial charge is 0.411 e. The van der Waals surface area contributed by atoms with E-state index in [0.717, 1.165) is 36.5 Å². The smallest absolute Gasteiger partial charge is 0.0906 e. The van der Waals surface area contributed by atoms with Crippen molar-refractivity contribution in [1.29, 1.82) is 0 Å². The molecule has 1 aliphatic heterocycles.